The zero-order chi connectivity index (χ0) is 12.6. The van der Waals surface area contributed by atoms with E-state index in [0.717, 1.165) is 18.6 Å². The summed E-state index contributed by atoms with van der Waals surface area (Å²) in [5.41, 5.74) is -0.408. The molecule has 1 saturated heterocycles. The average Bonchev–Trinajstić information content (AvgIpc) is 2.71. The Labute approximate surface area is 109 Å². The van der Waals surface area contributed by atoms with E-state index in [0.29, 0.717) is 12.0 Å². The highest BCUT2D eigenvalue weighted by molar-refractivity contribution is 7.80. The van der Waals surface area contributed by atoms with Gasteiger partial charge in [-0.1, -0.05) is 6.42 Å². The molecule has 1 saturated carbocycles. The summed E-state index contributed by atoms with van der Waals surface area (Å²) in [6, 6.07) is 0.672. The number of likely N-dealkylation sites (tertiary alicyclic amines) is 1. The molecule has 0 aromatic rings. The van der Waals surface area contributed by atoms with E-state index in [1.807, 2.05) is 25.7 Å². The second kappa shape index (κ2) is 4.71. The number of amides is 1. The Kier molecular flexibility index (Phi) is 3.62. The van der Waals surface area contributed by atoms with E-state index < -0.39 is 5.60 Å². The molecule has 3 nitrogen and oxygen atoms in total. The maximum absolute atomic E-state index is 12.2. The molecule has 1 aliphatic carbocycles. The average molecular weight is 257 g/mol. The van der Waals surface area contributed by atoms with Gasteiger partial charge in [-0.25, -0.2) is 4.79 Å². The van der Waals surface area contributed by atoms with Gasteiger partial charge in [-0.2, -0.15) is 12.6 Å². The molecule has 98 valence electrons. The molecule has 1 heterocycles. The van der Waals surface area contributed by atoms with Crippen molar-refractivity contribution in [1.29, 1.82) is 0 Å². The highest BCUT2D eigenvalue weighted by Crippen LogP contribution is 2.42. The van der Waals surface area contributed by atoms with Gasteiger partial charge in [0, 0.05) is 17.8 Å². The molecule has 3 atom stereocenters. The molecular weight excluding hydrogens is 234 g/mol. The summed E-state index contributed by atoms with van der Waals surface area (Å²) in [5, 5.41) is 0. The van der Waals surface area contributed by atoms with Crippen molar-refractivity contribution in [2.75, 3.05) is 5.75 Å². The Bertz CT molecular complexity index is 300. The van der Waals surface area contributed by atoms with Gasteiger partial charge in [0.25, 0.3) is 0 Å². The summed E-state index contributed by atoms with van der Waals surface area (Å²) in [6.07, 6.45) is 4.59. The van der Waals surface area contributed by atoms with Crippen LogP contribution in [0.1, 0.15) is 46.5 Å². The van der Waals surface area contributed by atoms with Gasteiger partial charge in [0.1, 0.15) is 5.60 Å². The number of carbonyl (C=O) groups is 1. The maximum atomic E-state index is 12.2. The lowest BCUT2D eigenvalue weighted by molar-refractivity contribution is 0.0157. The van der Waals surface area contributed by atoms with E-state index in [2.05, 4.69) is 12.6 Å². The Balaban J connectivity index is 2.08. The van der Waals surface area contributed by atoms with Crippen LogP contribution in [0.4, 0.5) is 4.79 Å². The third-order valence-electron chi connectivity index (χ3n) is 3.76. The molecule has 0 bridgehead atoms. The standard InChI is InChI=1S/C13H23NO2S/c1-13(2,3)16-12(15)14-10(8-17)7-9-5-4-6-11(9)14/h9-11,17H,4-8H2,1-3H3/t9-,10-,11-/m0/s1. The molecule has 17 heavy (non-hydrogen) atoms. The van der Waals surface area contributed by atoms with Gasteiger partial charge < -0.3 is 9.64 Å². The number of hydrogen-bond donors (Lipinski definition) is 1. The third-order valence-corrected chi connectivity index (χ3v) is 4.18. The predicted molar refractivity (Wildman–Crippen MR) is 71.5 cm³/mol. The SMILES string of the molecule is CC(C)(C)OC(=O)N1[C@H](CS)C[C@@H]2CCC[C@@H]21. The van der Waals surface area contributed by atoms with Crippen molar-refractivity contribution in [3.05, 3.63) is 0 Å². The van der Waals surface area contributed by atoms with Crippen molar-refractivity contribution in [3.63, 3.8) is 0 Å². The summed E-state index contributed by atoms with van der Waals surface area (Å²) < 4.78 is 5.51. The Hall–Kier alpha value is -0.380. The molecule has 0 radical (unpaired) electrons. The van der Waals surface area contributed by atoms with Crippen LogP contribution in [0, 0.1) is 5.92 Å². The van der Waals surface area contributed by atoms with Crippen LogP contribution in [0.25, 0.3) is 0 Å². The molecule has 4 heteroatoms. The molecule has 2 rings (SSSR count). The van der Waals surface area contributed by atoms with Crippen LogP contribution >= 0.6 is 12.6 Å². The van der Waals surface area contributed by atoms with Crippen LogP contribution in [0.2, 0.25) is 0 Å². The lowest BCUT2D eigenvalue weighted by atomic mass is 10.0. The summed E-state index contributed by atoms with van der Waals surface area (Å²) in [6.45, 7) is 5.76. The fraction of sp³-hybridized carbons (Fsp3) is 0.923. The highest BCUT2D eigenvalue weighted by Gasteiger charge is 2.46. The van der Waals surface area contributed by atoms with Crippen molar-refractivity contribution in [2.24, 2.45) is 5.92 Å². The molecule has 0 aromatic heterocycles. The summed E-state index contributed by atoms with van der Waals surface area (Å²) >= 11 is 4.38. The predicted octanol–water partition coefficient (Wildman–Crippen LogP) is 3.09. The number of fused-ring (bicyclic) bond motifs is 1. The largest absolute Gasteiger partial charge is 0.444 e. The summed E-state index contributed by atoms with van der Waals surface area (Å²) in [4.78, 5) is 14.2. The normalized spacial score (nSPS) is 32.7. The van der Waals surface area contributed by atoms with Crippen LogP contribution in [0.5, 0.6) is 0 Å². The first-order valence-corrected chi connectivity index (χ1v) is 7.18. The minimum absolute atomic E-state index is 0.147. The number of nitrogens with zero attached hydrogens (tertiary/aromatic N) is 1. The van der Waals surface area contributed by atoms with Crippen LogP contribution in [-0.4, -0.2) is 34.4 Å². The molecule has 0 unspecified atom stereocenters. The highest BCUT2D eigenvalue weighted by atomic mass is 32.1. The van der Waals surface area contributed by atoms with Crippen molar-refractivity contribution < 1.29 is 9.53 Å². The minimum atomic E-state index is -0.408. The Morgan fingerprint density at radius 1 is 1.41 bits per heavy atom. The fourth-order valence-corrected chi connectivity index (χ4v) is 3.48. The fourth-order valence-electron chi connectivity index (χ4n) is 3.15. The zero-order valence-electron chi connectivity index (χ0n) is 11.0. The zero-order valence-corrected chi connectivity index (χ0v) is 11.9. The van der Waals surface area contributed by atoms with E-state index in [1.165, 1.54) is 12.8 Å². The summed E-state index contributed by atoms with van der Waals surface area (Å²) in [7, 11) is 0. The van der Waals surface area contributed by atoms with Crippen molar-refractivity contribution in [3.8, 4) is 0 Å². The van der Waals surface area contributed by atoms with Crippen molar-refractivity contribution in [1.82, 2.24) is 4.90 Å². The van der Waals surface area contributed by atoms with Crippen molar-refractivity contribution in [2.45, 2.75) is 64.1 Å². The smallest absolute Gasteiger partial charge is 0.410 e. The molecule has 2 aliphatic rings. The number of thiol groups is 1. The molecule has 0 N–H and O–H groups in total. The molecule has 1 aliphatic heterocycles. The molecule has 0 aromatic carbocycles. The van der Waals surface area contributed by atoms with Crippen LogP contribution < -0.4 is 0 Å². The van der Waals surface area contributed by atoms with E-state index in [4.69, 9.17) is 4.74 Å². The van der Waals surface area contributed by atoms with Gasteiger partial charge in [0.15, 0.2) is 0 Å². The van der Waals surface area contributed by atoms with E-state index in [1.54, 1.807) is 0 Å². The summed E-state index contributed by atoms with van der Waals surface area (Å²) in [5.74, 6) is 1.42. The lowest BCUT2D eigenvalue weighted by Crippen LogP contribution is -2.45. The minimum Gasteiger partial charge on any atom is -0.444 e. The quantitative estimate of drug-likeness (QED) is 0.731. The second-order valence-corrected chi connectivity index (χ2v) is 6.58. The van der Waals surface area contributed by atoms with Crippen LogP contribution in [0.15, 0.2) is 0 Å². The van der Waals surface area contributed by atoms with Gasteiger partial charge in [0.05, 0.1) is 0 Å². The van der Waals surface area contributed by atoms with E-state index in [-0.39, 0.29) is 12.1 Å². The molecule has 0 spiro atoms. The van der Waals surface area contributed by atoms with Gasteiger partial charge in [-0.05, 0) is 46.0 Å². The monoisotopic (exact) mass is 257 g/mol. The van der Waals surface area contributed by atoms with Gasteiger partial charge >= 0.3 is 6.09 Å². The topological polar surface area (TPSA) is 29.5 Å². The number of ether oxygens (including phenoxy) is 1. The number of hydrogen-bond acceptors (Lipinski definition) is 3. The van der Waals surface area contributed by atoms with Crippen LogP contribution in [-0.2, 0) is 4.74 Å². The number of carbonyl (C=O) groups excluding carboxylic acids is 1. The molecule has 2 fully saturated rings. The number of rotatable bonds is 1. The van der Waals surface area contributed by atoms with Crippen LogP contribution in [0.3, 0.4) is 0 Å². The first kappa shape index (κ1) is 13.1. The Morgan fingerprint density at radius 2 is 2.12 bits per heavy atom. The van der Waals surface area contributed by atoms with Gasteiger partial charge in [0.2, 0.25) is 0 Å². The first-order chi connectivity index (χ1) is 7.92. The van der Waals surface area contributed by atoms with Gasteiger partial charge in [-0.3, -0.25) is 0 Å². The Morgan fingerprint density at radius 3 is 2.71 bits per heavy atom. The van der Waals surface area contributed by atoms with Crippen molar-refractivity contribution >= 4 is 18.7 Å². The van der Waals surface area contributed by atoms with E-state index >= 15 is 0 Å². The molecule has 1 amide bonds. The maximum Gasteiger partial charge on any atom is 0.410 e. The second-order valence-electron chi connectivity index (χ2n) is 6.22. The van der Waals surface area contributed by atoms with Gasteiger partial charge in [-0.15, -0.1) is 0 Å². The molecular formula is C13H23NO2S. The lowest BCUT2D eigenvalue weighted by Gasteiger charge is -2.31. The first-order valence-electron chi connectivity index (χ1n) is 6.54. The third kappa shape index (κ3) is 2.72. The van der Waals surface area contributed by atoms with E-state index in [9.17, 15) is 4.79 Å².